The van der Waals surface area contributed by atoms with Gasteiger partial charge in [0.25, 0.3) is 11.7 Å². The first-order valence-corrected chi connectivity index (χ1v) is 14.4. The first-order valence-electron chi connectivity index (χ1n) is 14.4. The molecule has 1 aliphatic heterocycles. The molecule has 1 fully saturated rings. The molecule has 1 saturated heterocycles. The molecule has 0 unspecified atom stereocenters. The molecule has 0 aliphatic carbocycles. The molecule has 4 rings (SSSR count). The lowest BCUT2D eigenvalue weighted by Gasteiger charge is -2.28. The molecule has 1 atom stereocenters. The summed E-state index contributed by atoms with van der Waals surface area (Å²) in [4.78, 5) is 30.7. The van der Waals surface area contributed by atoms with Crippen molar-refractivity contribution in [2.24, 2.45) is 0 Å². The highest BCUT2D eigenvalue weighted by molar-refractivity contribution is 6.46. The van der Waals surface area contributed by atoms with Crippen LogP contribution in [0.1, 0.15) is 49.1 Å². The zero-order valence-electron chi connectivity index (χ0n) is 25.1. The first kappa shape index (κ1) is 30.7. The van der Waals surface area contributed by atoms with Crippen LogP contribution >= 0.6 is 0 Å². The average Bonchev–Trinajstić information content (AvgIpc) is 3.26. The predicted octanol–water partition coefficient (Wildman–Crippen LogP) is 5.74. The molecule has 1 aliphatic rings. The lowest BCUT2D eigenvalue weighted by Crippen LogP contribution is -2.38. The van der Waals surface area contributed by atoms with Gasteiger partial charge >= 0.3 is 0 Å². The zero-order chi connectivity index (χ0) is 30.2. The molecule has 0 saturated carbocycles. The molecule has 0 bridgehead atoms. The van der Waals surface area contributed by atoms with Crippen molar-refractivity contribution in [1.82, 2.24) is 9.80 Å². The van der Waals surface area contributed by atoms with Gasteiger partial charge in [-0.25, -0.2) is 0 Å². The molecule has 3 aromatic carbocycles. The quantitative estimate of drug-likeness (QED) is 0.159. The minimum Gasteiger partial charge on any atom is -0.507 e. The molecule has 0 aromatic heterocycles. The molecule has 3 aromatic rings. The van der Waals surface area contributed by atoms with Crippen LogP contribution < -0.4 is 14.2 Å². The number of methoxy groups -OCH3 is 1. The Morgan fingerprint density at radius 3 is 2.31 bits per heavy atom. The molecule has 1 amide bonds. The minimum absolute atomic E-state index is 0.0480. The third-order valence-corrected chi connectivity index (χ3v) is 7.60. The van der Waals surface area contributed by atoms with E-state index in [-0.39, 0.29) is 11.3 Å². The standard InChI is InChI=1S/C34H40N2O6/c1-6-35(7-2)18-19-36-31(25-14-17-28(41-8-3)29(21-25)40-5)30(33(38)34(36)39)32(37)27-16-15-26(20-23(27)4)42-22-24-12-10-9-11-13-24/h9-17,20-21,31,37H,6-8,18-19,22H2,1-5H3/b32-30+/t31-/m0/s1. The third-order valence-electron chi connectivity index (χ3n) is 7.60. The average molecular weight is 573 g/mol. The van der Waals surface area contributed by atoms with Gasteiger partial charge in [0, 0.05) is 18.7 Å². The monoisotopic (exact) mass is 572 g/mol. The molecule has 42 heavy (non-hydrogen) atoms. The highest BCUT2D eigenvalue weighted by Crippen LogP contribution is 2.42. The number of nitrogens with zero attached hydrogens (tertiary/aromatic N) is 2. The second-order valence-corrected chi connectivity index (χ2v) is 10.1. The lowest BCUT2D eigenvalue weighted by molar-refractivity contribution is -0.140. The number of likely N-dealkylation sites (tertiary alicyclic amines) is 1. The summed E-state index contributed by atoms with van der Waals surface area (Å²) >= 11 is 0. The van der Waals surface area contributed by atoms with Gasteiger partial charge in [0.1, 0.15) is 18.1 Å². The Balaban J connectivity index is 1.74. The van der Waals surface area contributed by atoms with E-state index in [0.717, 1.165) is 24.2 Å². The van der Waals surface area contributed by atoms with Gasteiger partial charge in [-0.2, -0.15) is 0 Å². The Morgan fingerprint density at radius 2 is 1.67 bits per heavy atom. The second kappa shape index (κ2) is 14.0. The molecule has 8 heteroatoms. The van der Waals surface area contributed by atoms with Gasteiger partial charge in [-0.3, -0.25) is 9.59 Å². The van der Waals surface area contributed by atoms with Crippen LogP contribution in [0.4, 0.5) is 0 Å². The molecular weight excluding hydrogens is 532 g/mol. The number of Topliss-reactive ketones (excluding diaryl/α,β-unsaturated/α-hetero) is 1. The first-order chi connectivity index (χ1) is 20.3. The summed E-state index contributed by atoms with van der Waals surface area (Å²) in [5, 5.41) is 11.6. The van der Waals surface area contributed by atoms with Gasteiger partial charge in [0.05, 0.1) is 25.3 Å². The summed E-state index contributed by atoms with van der Waals surface area (Å²) < 4.78 is 17.2. The summed E-state index contributed by atoms with van der Waals surface area (Å²) in [6, 6.07) is 19.7. The molecule has 222 valence electrons. The number of carbonyl (C=O) groups excluding carboxylic acids is 2. The number of aryl methyl sites for hydroxylation is 1. The van der Waals surface area contributed by atoms with Crippen LogP contribution in [0, 0.1) is 6.92 Å². The van der Waals surface area contributed by atoms with Crippen molar-refractivity contribution in [1.29, 1.82) is 0 Å². The Labute approximate surface area is 248 Å². The van der Waals surface area contributed by atoms with E-state index >= 15 is 0 Å². The molecular formula is C34H40N2O6. The fourth-order valence-electron chi connectivity index (χ4n) is 5.25. The van der Waals surface area contributed by atoms with Crippen molar-refractivity contribution in [3.8, 4) is 17.2 Å². The van der Waals surface area contributed by atoms with Gasteiger partial charge in [-0.1, -0.05) is 50.2 Å². The number of rotatable bonds is 13. The summed E-state index contributed by atoms with van der Waals surface area (Å²) in [5.74, 6) is 0.116. The van der Waals surface area contributed by atoms with Crippen molar-refractivity contribution < 1.29 is 28.9 Å². The Morgan fingerprint density at radius 1 is 0.929 bits per heavy atom. The highest BCUT2D eigenvalue weighted by atomic mass is 16.5. The van der Waals surface area contributed by atoms with Crippen LogP contribution in [-0.4, -0.2) is 66.5 Å². The molecule has 8 nitrogen and oxygen atoms in total. The maximum atomic E-state index is 13.6. The van der Waals surface area contributed by atoms with Crippen LogP contribution in [0.2, 0.25) is 0 Å². The number of amides is 1. The topological polar surface area (TPSA) is 88.5 Å². The number of benzene rings is 3. The molecule has 1 heterocycles. The lowest BCUT2D eigenvalue weighted by atomic mass is 9.93. The number of ether oxygens (including phenoxy) is 3. The maximum absolute atomic E-state index is 13.6. The zero-order valence-corrected chi connectivity index (χ0v) is 25.1. The summed E-state index contributed by atoms with van der Waals surface area (Å²) in [6.45, 7) is 11.3. The van der Waals surface area contributed by atoms with Gasteiger partial charge in [0.2, 0.25) is 0 Å². The SMILES string of the molecule is CCOc1ccc([C@H]2/C(=C(\O)c3ccc(OCc4ccccc4)cc3C)C(=O)C(=O)N2CCN(CC)CC)cc1OC. The van der Waals surface area contributed by atoms with Crippen molar-refractivity contribution in [3.05, 3.63) is 94.6 Å². The maximum Gasteiger partial charge on any atom is 0.295 e. The van der Waals surface area contributed by atoms with E-state index in [9.17, 15) is 14.7 Å². The minimum atomic E-state index is -0.793. The van der Waals surface area contributed by atoms with E-state index in [1.165, 1.54) is 0 Å². The predicted molar refractivity (Wildman–Crippen MR) is 163 cm³/mol. The van der Waals surface area contributed by atoms with Gasteiger partial charge in [-0.05, 0) is 74.0 Å². The number of likely N-dealkylation sites (N-methyl/N-ethyl adjacent to an activating group) is 1. The normalized spacial score (nSPS) is 16.2. The number of carbonyl (C=O) groups is 2. The molecule has 0 radical (unpaired) electrons. The van der Waals surface area contributed by atoms with Crippen molar-refractivity contribution in [3.63, 3.8) is 0 Å². The van der Waals surface area contributed by atoms with Crippen LogP contribution in [0.3, 0.4) is 0 Å². The van der Waals surface area contributed by atoms with E-state index < -0.39 is 17.7 Å². The number of hydrogen-bond donors (Lipinski definition) is 1. The van der Waals surface area contributed by atoms with Crippen LogP contribution in [0.15, 0.2) is 72.3 Å². The summed E-state index contributed by atoms with van der Waals surface area (Å²) in [5.41, 5.74) is 2.92. The molecule has 1 N–H and O–H groups in total. The largest absolute Gasteiger partial charge is 0.507 e. The number of aliphatic hydroxyl groups excluding tert-OH is 1. The van der Waals surface area contributed by atoms with Gasteiger partial charge in [-0.15, -0.1) is 0 Å². The number of aliphatic hydroxyl groups is 1. The third kappa shape index (κ3) is 6.60. The van der Waals surface area contributed by atoms with Crippen LogP contribution in [0.5, 0.6) is 17.2 Å². The van der Waals surface area contributed by atoms with Gasteiger partial charge < -0.3 is 29.1 Å². The second-order valence-electron chi connectivity index (χ2n) is 10.1. The molecule has 0 spiro atoms. The van der Waals surface area contributed by atoms with E-state index in [1.54, 1.807) is 36.3 Å². The van der Waals surface area contributed by atoms with E-state index in [1.807, 2.05) is 56.3 Å². The van der Waals surface area contributed by atoms with Crippen molar-refractivity contribution >= 4 is 17.4 Å². The number of ketones is 1. The van der Waals surface area contributed by atoms with E-state index in [4.69, 9.17) is 14.2 Å². The Bertz CT molecular complexity index is 1430. The van der Waals surface area contributed by atoms with E-state index in [2.05, 4.69) is 18.7 Å². The summed E-state index contributed by atoms with van der Waals surface area (Å²) in [7, 11) is 1.55. The smallest absolute Gasteiger partial charge is 0.295 e. The van der Waals surface area contributed by atoms with Crippen LogP contribution in [-0.2, 0) is 16.2 Å². The highest BCUT2D eigenvalue weighted by Gasteiger charge is 2.46. The van der Waals surface area contributed by atoms with Crippen molar-refractivity contribution in [2.75, 3.05) is 39.9 Å². The fraction of sp³-hybridized carbons (Fsp3) is 0.353. The Hall–Kier alpha value is -4.30. The Kier molecular flexibility index (Phi) is 10.3. The van der Waals surface area contributed by atoms with Crippen molar-refractivity contribution in [2.45, 2.75) is 40.3 Å². The fourth-order valence-corrected chi connectivity index (χ4v) is 5.25. The van der Waals surface area contributed by atoms with Crippen LogP contribution in [0.25, 0.3) is 5.76 Å². The number of hydrogen-bond acceptors (Lipinski definition) is 7. The van der Waals surface area contributed by atoms with E-state index in [0.29, 0.717) is 54.7 Å². The van der Waals surface area contributed by atoms with Gasteiger partial charge in [0.15, 0.2) is 11.5 Å². The summed E-state index contributed by atoms with van der Waals surface area (Å²) in [6.07, 6.45) is 0.